The number of hydrogen-bond donors (Lipinski definition) is 4. The average Bonchev–Trinajstić information content (AvgIpc) is 3.34. The molecule has 1 aromatic rings. The average molecular weight is 694 g/mol. The molecule has 1 aliphatic heterocycles. The lowest BCUT2D eigenvalue weighted by Crippen LogP contribution is -2.62. The first-order valence-corrected chi connectivity index (χ1v) is 18.0. The first-order chi connectivity index (χ1) is 23.2. The van der Waals surface area contributed by atoms with E-state index in [0.717, 1.165) is 30.4 Å². The molecule has 3 aliphatic carbocycles. The second-order valence-electron chi connectivity index (χ2n) is 17.6. The topological polar surface area (TPSA) is 177 Å². The molecule has 2 unspecified atom stereocenters. The Balaban J connectivity index is 1.41. The molecule has 0 radical (unpaired) electrons. The van der Waals surface area contributed by atoms with E-state index in [2.05, 4.69) is 29.8 Å². The summed E-state index contributed by atoms with van der Waals surface area (Å²) in [5, 5.41) is 8.53. The van der Waals surface area contributed by atoms with Crippen LogP contribution in [0.25, 0.3) is 0 Å². The third-order valence-corrected chi connectivity index (χ3v) is 11.3. The first-order valence-electron chi connectivity index (χ1n) is 18.0. The fraction of sp³-hybridized carbons (Fsp3) is 0.684. The van der Waals surface area contributed by atoms with Crippen molar-refractivity contribution in [3.63, 3.8) is 0 Å². The molecule has 0 aromatic heterocycles. The zero-order chi connectivity index (χ0) is 36.9. The van der Waals surface area contributed by atoms with Crippen molar-refractivity contribution in [1.82, 2.24) is 20.9 Å². The van der Waals surface area contributed by atoms with Crippen molar-refractivity contribution in [1.29, 1.82) is 0 Å². The summed E-state index contributed by atoms with van der Waals surface area (Å²) in [5.41, 5.74) is 5.86. The number of primary amides is 1. The Morgan fingerprint density at radius 2 is 1.54 bits per heavy atom. The summed E-state index contributed by atoms with van der Waals surface area (Å²) in [4.78, 5) is 82.2. The molecular weight excluding hydrogens is 638 g/mol. The zero-order valence-electron chi connectivity index (χ0n) is 30.8. The van der Waals surface area contributed by atoms with Gasteiger partial charge in [0.1, 0.15) is 23.7 Å². The number of carbonyl (C=O) groups excluding carboxylic acids is 6. The monoisotopic (exact) mass is 693 g/mol. The Labute approximate surface area is 295 Å². The minimum absolute atomic E-state index is 0.0480. The van der Waals surface area contributed by atoms with Gasteiger partial charge in [-0.15, -0.1) is 0 Å². The SMILES string of the molecule is CC(C)(C)OC(=O)C(NC(=O)N[C@H](C(=O)N1C[C@H]2[C@@H]([C@H]1C(=O)NC(CC1CCC1)C(=O)C(N)=O)C2(C)C)C1Cc2ccccc2C1)C(C)(C)C. The second kappa shape index (κ2) is 13.6. The summed E-state index contributed by atoms with van der Waals surface area (Å²) in [7, 11) is 0. The Kier molecular flexibility index (Phi) is 10.2. The van der Waals surface area contributed by atoms with E-state index in [-0.39, 0.29) is 29.1 Å². The fourth-order valence-electron chi connectivity index (χ4n) is 8.23. The van der Waals surface area contributed by atoms with E-state index in [0.29, 0.717) is 25.8 Å². The lowest BCUT2D eigenvalue weighted by atomic mass is 9.80. The van der Waals surface area contributed by atoms with Gasteiger partial charge in [-0.1, -0.05) is 78.1 Å². The highest BCUT2D eigenvalue weighted by Crippen LogP contribution is 2.65. The van der Waals surface area contributed by atoms with Crippen molar-refractivity contribution in [2.45, 2.75) is 124 Å². The third kappa shape index (κ3) is 7.84. The zero-order valence-corrected chi connectivity index (χ0v) is 30.8. The van der Waals surface area contributed by atoms with Gasteiger partial charge in [0.2, 0.25) is 17.6 Å². The van der Waals surface area contributed by atoms with Crippen molar-refractivity contribution in [2.75, 3.05) is 6.54 Å². The molecular formula is C38H55N5O7. The number of Topliss-reactive ketones (excluding diaryl/α,β-unsaturated/α-hetero) is 1. The van der Waals surface area contributed by atoms with Crippen LogP contribution in [0.3, 0.4) is 0 Å². The number of fused-ring (bicyclic) bond motifs is 2. The Hall–Kier alpha value is -3.96. The highest BCUT2D eigenvalue weighted by molar-refractivity contribution is 6.37. The van der Waals surface area contributed by atoms with Crippen molar-refractivity contribution in [3.05, 3.63) is 35.4 Å². The van der Waals surface area contributed by atoms with Crippen LogP contribution in [0.4, 0.5) is 4.79 Å². The maximum absolute atomic E-state index is 14.7. The number of nitrogens with one attached hydrogen (secondary N) is 3. The van der Waals surface area contributed by atoms with Crippen LogP contribution in [-0.4, -0.2) is 76.7 Å². The number of benzene rings is 1. The third-order valence-electron chi connectivity index (χ3n) is 11.3. The van der Waals surface area contributed by atoms with Crippen LogP contribution in [0.15, 0.2) is 24.3 Å². The number of hydrogen-bond acceptors (Lipinski definition) is 7. The lowest BCUT2D eigenvalue weighted by molar-refractivity contribution is -0.160. The molecule has 5 N–H and O–H groups in total. The second-order valence-corrected chi connectivity index (χ2v) is 17.6. The summed E-state index contributed by atoms with van der Waals surface area (Å²) < 4.78 is 5.62. The van der Waals surface area contributed by atoms with E-state index < -0.39 is 70.7 Å². The molecule has 50 heavy (non-hydrogen) atoms. The predicted molar refractivity (Wildman–Crippen MR) is 186 cm³/mol. The van der Waals surface area contributed by atoms with Crippen molar-refractivity contribution in [3.8, 4) is 0 Å². The van der Waals surface area contributed by atoms with Crippen LogP contribution < -0.4 is 21.7 Å². The van der Waals surface area contributed by atoms with Gasteiger partial charge in [0.25, 0.3) is 5.91 Å². The molecule has 0 spiro atoms. The van der Waals surface area contributed by atoms with Crippen molar-refractivity contribution < 1.29 is 33.5 Å². The summed E-state index contributed by atoms with van der Waals surface area (Å²) in [5.74, 6) is -3.63. The van der Waals surface area contributed by atoms with E-state index in [1.54, 1.807) is 25.7 Å². The molecule has 3 fully saturated rings. The van der Waals surface area contributed by atoms with E-state index >= 15 is 0 Å². The molecule has 1 aromatic carbocycles. The van der Waals surface area contributed by atoms with E-state index in [1.807, 2.05) is 45.0 Å². The summed E-state index contributed by atoms with van der Waals surface area (Å²) in [6.45, 7) is 15.2. The van der Waals surface area contributed by atoms with Crippen LogP contribution in [0, 0.1) is 34.5 Å². The number of amides is 5. The lowest BCUT2D eigenvalue weighted by Gasteiger charge is -2.36. The minimum Gasteiger partial charge on any atom is -0.458 e. The molecule has 5 rings (SSSR count). The molecule has 12 heteroatoms. The molecule has 274 valence electrons. The predicted octanol–water partition coefficient (Wildman–Crippen LogP) is 3.04. The Bertz CT molecular complexity index is 1510. The maximum Gasteiger partial charge on any atom is 0.329 e. The number of likely N-dealkylation sites (tertiary alicyclic amines) is 1. The first kappa shape index (κ1) is 37.3. The largest absolute Gasteiger partial charge is 0.458 e. The van der Waals surface area contributed by atoms with Gasteiger partial charge in [0, 0.05) is 6.54 Å². The summed E-state index contributed by atoms with van der Waals surface area (Å²) in [6, 6.07) is 3.23. The molecule has 6 atom stereocenters. The van der Waals surface area contributed by atoms with Gasteiger partial charge in [0.05, 0.1) is 6.04 Å². The van der Waals surface area contributed by atoms with Crippen LogP contribution in [0.1, 0.15) is 92.2 Å². The van der Waals surface area contributed by atoms with E-state index in [4.69, 9.17) is 10.5 Å². The fourth-order valence-corrected chi connectivity index (χ4v) is 8.23. The minimum atomic E-state index is -1.10. The Morgan fingerprint density at radius 3 is 2.04 bits per heavy atom. The number of carbonyl (C=O) groups is 6. The van der Waals surface area contributed by atoms with Gasteiger partial charge in [-0.2, -0.15) is 0 Å². The van der Waals surface area contributed by atoms with Gasteiger partial charge in [-0.05, 0) is 85.7 Å². The van der Waals surface area contributed by atoms with Gasteiger partial charge in [0.15, 0.2) is 0 Å². The maximum atomic E-state index is 14.7. The van der Waals surface area contributed by atoms with Crippen molar-refractivity contribution in [2.24, 2.45) is 40.2 Å². The van der Waals surface area contributed by atoms with Gasteiger partial charge in [-0.3, -0.25) is 19.2 Å². The molecule has 1 heterocycles. The van der Waals surface area contributed by atoms with Gasteiger partial charge >= 0.3 is 12.0 Å². The van der Waals surface area contributed by atoms with Crippen LogP contribution in [0.5, 0.6) is 0 Å². The molecule has 12 nitrogen and oxygen atoms in total. The number of piperidine rings is 1. The Morgan fingerprint density at radius 1 is 0.940 bits per heavy atom. The van der Waals surface area contributed by atoms with E-state index in [9.17, 15) is 28.8 Å². The molecule has 2 saturated carbocycles. The number of rotatable bonds is 11. The number of urea groups is 1. The number of ether oxygens (including phenoxy) is 1. The normalized spacial score (nSPS) is 24.5. The summed E-state index contributed by atoms with van der Waals surface area (Å²) in [6.07, 6.45) is 4.26. The quantitative estimate of drug-likeness (QED) is 0.203. The molecule has 0 bridgehead atoms. The number of esters is 1. The van der Waals surface area contributed by atoms with Gasteiger partial charge in [-0.25, -0.2) is 9.59 Å². The molecule has 1 saturated heterocycles. The highest BCUT2D eigenvalue weighted by atomic mass is 16.6. The molecule has 5 amide bonds. The smallest absolute Gasteiger partial charge is 0.329 e. The summed E-state index contributed by atoms with van der Waals surface area (Å²) >= 11 is 0. The van der Waals surface area contributed by atoms with Crippen LogP contribution >= 0.6 is 0 Å². The standard InChI is InChI=1S/C38H55N5O7/c1-36(2,3)30(34(48)50-37(4,5)6)42-35(49)41-27(23-17-21-14-9-10-15-22(21)18-23)33(47)43-19-24-26(38(24,7)8)28(43)32(46)40-25(29(44)31(39)45)16-20-12-11-13-20/h9-10,14-15,20,23-28,30H,11-13,16-19H2,1-8H3,(H2,39,45)(H,40,46)(H2,41,42,49)/t24-,25?,26-,27-,28-,30?/m0/s1. The molecule has 4 aliphatic rings. The van der Waals surface area contributed by atoms with Crippen molar-refractivity contribution >= 4 is 35.5 Å². The number of ketones is 1. The van der Waals surface area contributed by atoms with Crippen LogP contribution in [-0.2, 0) is 41.6 Å². The van der Waals surface area contributed by atoms with Gasteiger partial charge < -0.3 is 31.3 Å². The highest BCUT2D eigenvalue weighted by Gasteiger charge is 2.70. The number of nitrogens with two attached hydrogens (primary N) is 1. The number of nitrogens with zero attached hydrogens (tertiary/aromatic N) is 1. The van der Waals surface area contributed by atoms with E-state index in [1.165, 1.54) is 0 Å². The van der Waals surface area contributed by atoms with Crippen LogP contribution in [0.2, 0.25) is 0 Å².